The number of hydrogen-bond donors (Lipinski definition) is 3. The number of carbonyl (C=O) groups is 1. The Morgan fingerprint density at radius 3 is 2.76 bits per heavy atom. The first-order valence-corrected chi connectivity index (χ1v) is 12.1. The Labute approximate surface area is 212 Å². The van der Waals surface area contributed by atoms with Crippen LogP contribution in [0.3, 0.4) is 0 Å². The Morgan fingerprint density at radius 1 is 1.19 bits per heavy atom. The van der Waals surface area contributed by atoms with Crippen LogP contribution in [0.5, 0.6) is 6.01 Å². The number of aromatic amines is 1. The van der Waals surface area contributed by atoms with Crippen molar-refractivity contribution in [3.63, 3.8) is 0 Å². The van der Waals surface area contributed by atoms with Crippen LogP contribution in [0.2, 0.25) is 0 Å². The van der Waals surface area contributed by atoms with E-state index >= 15 is 0 Å². The fraction of sp³-hybridized carbons (Fsp3) is 0.320. The molecular weight excluding hydrogens is 479 g/mol. The second kappa shape index (κ2) is 11.3. The average molecular weight is 507 g/mol. The minimum absolute atomic E-state index is 0.148. The minimum Gasteiger partial charge on any atom is -0.462 e. The van der Waals surface area contributed by atoms with Crippen molar-refractivity contribution >= 4 is 23.0 Å². The lowest BCUT2D eigenvalue weighted by Crippen LogP contribution is -2.38. The second-order valence-corrected chi connectivity index (χ2v) is 8.38. The number of fused-ring (bicyclic) bond motifs is 1. The Morgan fingerprint density at radius 2 is 2.00 bits per heavy atom. The lowest BCUT2D eigenvalue weighted by Gasteiger charge is -2.26. The number of morpholine rings is 1. The van der Waals surface area contributed by atoms with Crippen molar-refractivity contribution in [2.24, 2.45) is 0 Å². The largest absolute Gasteiger partial charge is 0.462 e. The van der Waals surface area contributed by atoms with Gasteiger partial charge in [-0.2, -0.15) is 0 Å². The summed E-state index contributed by atoms with van der Waals surface area (Å²) < 4.78 is 25.8. The molecule has 12 heteroatoms. The van der Waals surface area contributed by atoms with E-state index in [-0.39, 0.29) is 17.7 Å². The zero-order valence-corrected chi connectivity index (χ0v) is 20.3. The van der Waals surface area contributed by atoms with E-state index in [9.17, 15) is 9.18 Å². The molecule has 0 atom stereocenters. The van der Waals surface area contributed by atoms with Crippen molar-refractivity contribution in [1.29, 1.82) is 0 Å². The van der Waals surface area contributed by atoms with Gasteiger partial charge in [0.15, 0.2) is 0 Å². The number of hydrogen-bond acceptors (Lipinski definition) is 8. The molecular formula is C25H27FN8O3. The van der Waals surface area contributed by atoms with E-state index in [0.717, 1.165) is 38.4 Å². The number of pyridine rings is 1. The third kappa shape index (κ3) is 5.81. The van der Waals surface area contributed by atoms with E-state index < -0.39 is 11.8 Å². The van der Waals surface area contributed by atoms with Crippen LogP contribution < -0.4 is 15.4 Å². The van der Waals surface area contributed by atoms with Crippen molar-refractivity contribution < 1.29 is 18.7 Å². The fourth-order valence-electron chi connectivity index (χ4n) is 4.05. The topological polar surface area (TPSA) is 130 Å². The normalized spacial score (nSPS) is 14.0. The maximum atomic E-state index is 14.7. The molecule has 1 aliphatic rings. The van der Waals surface area contributed by atoms with Crippen LogP contribution in [0.25, 0.3) is 33.4 Å². The third-order valence-corrected chi connectivity index (χ3v) is 5.87. The summed E-state index contributed by atoms with van der Waals surface area (Å²) >= 11 is 0. The number of ether oxygens (including phenoxy) is 2. The summed E-state index contributed by atoms with van der Waals surface area (Å²) in [6.07, 6.45) is 4.83. The molecule has 0 unspecified atom stereocenters. The zero-order chi connectivity index (χ0) is 25.6. The molecule has 4 aromatic rings. The third-order valence-electron chi connectivity index (χ3n) is 5.87. The van der Waals surface area contributed by atoms with Crippen molar-refractivity contribution in [1.82, 2.24) is 35.1 Å². The van der Waals surface area contributed by atoms with Gasteiger partial charge in [0.05, 0.1) is 18.7 Å². The number of H-pyrrole nitrogens is 1. The van der Waals surface area contributed by atoms with Gasteiger partial charge >= 0.3 is 12.0 Å². The molecule has 1 aromatic carbocycles. The number of imidazole rings is 1. The Hall–Kier alpha value is -4.16. The summed E-state index contributed by atoms with van der Waals surface area (Å²) in [5.41, 5.74) is 3.10. The van der Waals surface area contributed by atoms with Gasteiger partial charge in [0.2, 0.25) is 5.95 Å². The standard InChI is InChI=1S/C25H27FN8O3/c1-2-27-24(35)33-23-31-20-13-16(12-18(22(20)32-23)21-19(26)4-3-5-28-21)17-14-29-25(30-15-17)37-11-8-34-6-9-36-10-7-34/h3-5,12-15H,2,6-11H2,1H3,(H3,27,31,32,33,35). The van der Waals surface area contributed by atoms with Gasteiger partial charge in [0, 0.05) is 55.9 Å². The average Bonchev–Trinajstić information content (AvgIpc) is 3.32. The number of benzene rings is 1. The van der Waals surface area contributed by atoms with E-state index in [1.54, 1.807) is 18.5 Å². The molecule has 0 aliphatic carbocycles. The van der Waals surface area contributed by atoms with E-state index in [0.29, 0.717) is 35.3 Å². The lowest BCUT2D eigenvalue weighted by molar-refractivity contribution is 0.0317. The summed E-state index contributed by atoms with van der Waals surface area (Å²) in [4.78, 5) is 34.7. The minimum atomic E-state index is -0.484. The Bertz CT molecular complexity index is 1370. The van der Waals surface area contributed by atoms with Crippen LogP contribution in [0.15, 0.2) is 42.9 Å². The van der Waals surface area contributed by atoms with Crippen LogP contribution in [-0.2, 0) is 4.74 Å². The van der Waals surface area contributed by atoms with Crippen LogP contribution >= 0.6 is 0 Å². The predicted molar refractivity (Wildman–Crippen MR) is 136 cm³/mol. The van der Waals surface area contributed by atoms with Gasteiger partial charge in [-0.3, -0.25) is 15.2 Å². The highest BCUT2D eigenvalue weighted by Gasteiger charge is 2.17. The molecule has 1 fully saturated rings. The molecule has 0 spiro atoms. The van der Waals surface area contributed by atoms with Crippen molar-refractivity contribution in [2.45, 2.75) is 6.92 Å². The van der Waals surface area contributed by atoms with Crippen molar-refractivity contribution in [3.8, 4) is 28.4 Å². The van der Waals surface area contributed by atoms with Gasteiger partial charge in [0.1, 0.15) is 23.6 Å². The number of nitrogens with zero attached hydrogens (tertiary/aromatic N) is 5. The van der Waals surface area contributed by atoms with Gasteiger partial charge in [-0.05, 0) is 36.8 Å². The lowest BCUT2D eigenvalue weighted by atomic mass is 10.0. The highest BCUT2D eigenvalue weighted by Crippen LogP contribution is 2.34. The monoisotopic (exact) mass is 506 g/mol. The highest BCUT2D eigenvalue weighted by atomic mass is 19.1. The zero-order valence-electron chi connectivity index (χ0n) is 20.3. The van der Waals surface area contributed by atoms with Gasteiger partial charge < -0.3 is 19.8 Å². The number of amides is 2. The smallest absolute Gasteiger partial charge is 0.321 e. The number of urea groups is 1. The molecule has 1 saturated heterocycles. The second-order valence-electron chi connectivity index (χ2n) is 8.38. The highest BCUT2D eigenvalue weighted by molar-refractivity contribution is 5.98. The van der Waals surface area contributed by atoms with E-state index in [2.05, 4.69) is 40.5 Å². The summed E-state index contributed by atoms with van der Waals surface area (Å²) in [5.74, 6) is -0.251. The molecule has 0 bridgehead atoms. The van der Waals surface area contributed by atoms with E-state index in [1.165, 1.54) is 18.3 Å². The molecule has 3 N–H and O–H groups in total. The first-order valence-electron chi connectivity index (χ1n) is 12.1. The van der Waals surface area contributed by atoms with Crippen LogP contribution in [0, 0.1) is 5.82 Å². The molecule has 2 amide bonds. The van der Waals surface area contributed by atoms with Gasteiger partial charge in [-0.1, -0.05) is 0 Å². The molecule has 1 aliphatic heterocycles. The number of nitrogens with one attached hydrogen (secondary N) is 3. The number of carbonyl (C=O) groups excluding carboxylic acids is 1. The van der Waals surface area contributed by atoms with E-state index in [1.807, 2.05) is 13.0 Å². The first kappa shape index (κ1) is 24.5. The summed E-state index contributed by atoms with van der Waals surface area (Å²) in [5, 5.41) is 5.30. The Balaban J connectivity index is 1.41. The number of halogens is 1. The molecule has 4 heterocycles. The Kier molecular flexibility index (Phi) is 7.47. The summed E-state index contributed by atoms with van der Waals surface area (Å²) in [6, 6.07) is 6.37. The number of rotatable bonds is 8. The molecule has 192 valence electrons. The molecule has 3 aromatic heterocycles. The maximum Gasteiger partial charge on any atom is 0.321 e. The van der Waals surface area contributed by atoms with Crippen LogP contribution in [0.1, 0.15) is 6.92 Å². The van der Waals surface area contributed by atoms with E-state index in [4.69, 9.17) is 9.47 Å². The summed E-state index contributed by atoms with van der Waals surface area (Å²) in [7, 11) is 0. The van der Waals surface area contributed by atoms with Gasteiger partial charge in [-0.25, -0.2) is 24.1 Å². The van der Waals surface area contributed by atoms with Crippen LogP contribution in [0.4, 0.5) is 15.1 Å². The molecule has 0 saturated carbocycles. The molecule has 37 heavy (non-hydrogen) atoms. The number of aromatic nitrogens is 5. The first-order chi connectivity index (χ1) is 18.1. The predicted octanol–water partition coefficient (Wildman–Crippen LogP) is 3.07. The van der Waals surface area contributed by atoms with Crippen molar-refractivity contribution in [3.05, 3.63) is 48.7 Å². The maximum absolute atomic E-state index is 14.7. The number of anilines is 1. The quantitative estimate of drug-likeness (QED) is 0.332. The fourth-order valence-corrected chi connectivity index (χ4v) is 4.05. The molecule has 0 radical (unpaired) electrons. The molecule has 5 rings (SSSR count). The van der Waals surface area contributed by atoms with Crippen LogP contribution in [-0.4, -0.2) is 81.9 Å². The molecule has 11 nitrogen and oxygen atoms in total. The SMILES string of the molecule is CCNC(=O)Nc1nc2c(-c3ncccc3F)cc(-c3cnc(OCCN4CCOCC4)nc3)cc2[nH]1. The summed E-state index contributed by atoms with van der Waals surface area (Å²) in [6.45, 7) is 6.78. The van der Waals surface area contributed by atoms with Gasteiger partial charge in [0.25, 0.3) is 0 Å². The van der Waals surface area contributed by atoms with Crippen molar-refractivity contribution in [2.75, 3.05) is 51.3 Å². The van der Waals surface area contributed by atoms with Gasteiger partial charge in [-0.15, -0.1) is 0 Å².